The molecule has 1 aromatic rings. The maximum Gasteiger partial charge on any atom is 0.135 e. The molecular formula is C11H13NO. The van der Waals surface area contributed by atoms with E-state index < -0.39 is 0 Å². The minimum atomic E-state index is 0.150. The van der Waals surface area contributed by atoms with E-state index in [4.69, 9.17) is 0 Å². The third-order valence-electron chi connectivity index (χ3n) is 1.62. The summed E-state index contributed by atoms with van der Waals surface area (Å²) in [5.41, 5.74) is 1.17. The highest BCUT2D eigenvalue weighted by Gasteiger charge is 1.88. The second kappa shape index (κ2) is 5.25. The normalized spacial score (nSPS) is 10.5. The van der Waals surface area contributed by atoms with Crippen LogP contribution in [0.3, 0.4) is 0 Å². The summed E-state index contributed by atoms with van der Waals surface area (Å²) in [4.78, 5) is 14.7. The average Bonchev–Trinajstić information content (AvgIpc) is 2.14. The van der Waals surface area contributed by atoms with Crippen molar-refractivity contribution in [3.8, 4) is 0 Å². The third kappa shape index (κ3) is 4.21. The molecule has 1 rings (SSSR count). The van der Waals surface area contributed by atoms with Gasteiger partial charge >= 0.3 is 0 Å². The van der Waals surface area contributed by atoms with Gasteiger partial charge in [0.2, 0.25) is 0 Å². The number of aliphatic imine (C=N–C) groups is 1. The van der Waals surface area contributed by atoms with E-state index >= 15 is 0 Å². The third-order valence-corrected chi connectivity index (χ3v) is 1.62. The van der Waals surface area contributed by atoms with Crippen molar-refractivity contribution in [2.24, 2.45) is 4.99 Å². The van der Waals surface area contributed by atoms with Crippen molar-refractivity contribution in [3.63, 3.8) is 0 Å². The largest absolute Gasteiger partial charge is 0.300 e. The maximum atomic E-state index is 10.6. The van der Waals surface area contributed by atoms with Gasteiger partial charge in [0.15, 0.2) is 0 Å². The summed E-state index contributed by atoms with van der Waals surface area (Å²) in [5, 5.41) is 0. The minimum Gasteiger partial charge on any atom is -0.300 e. The molecule has 13 heavy (non-hydrogen) atoms. The molecule has 0 fully saturated rings. The van der Waals surface area contributed by atoms with E-state index in [9.17, 15) is 4.79 Å². The van der Waals surface area contributed by atoms with Gasteiger partial charge < -0.3 is 0 Å². The van der Waals surface area contributed by atoms with Gasteiger partial charge in [-0.3, -0.25) is 9.79 Å². The molecule has 0 unspecified atom stereocenters. The predicted molar refractivity (Wildman–Crippen MR) is 53.9 cm³/mol. The first kappa shape index (κ1) is 9.65. The Morgan fingerprint density at radius 1 is 1.38 bits per heavy atom. The molecule has 0 aromatic heterocycles. The van der Waals surface area contributed by atoms with Crippen LogP contribution in [0.1, 0.15) is 18.9 Å². The number of ketones is 1. The Balaban J connectivity index is 2.35. The zero-order valence-corrected chi connectivity index (χ0v) is 7.73. The van der Waals surface area contributed by atoms with Crippen LogP contribution in [0.15, 0.2) is 35.3 Å². The highest BCUT2D eigenvalue weighted by atomic mass is 16.1. The van der Waals surface area contributed by atoms with E-state index in [2.05, 4.69) is 4.99 Å². The summed E-state index contributed by atoms with van der Waals surface area (Å²) in [6, 6.07) is 9.98. The van der Waals surface area contributed by atoms with Crippen LogP contribution in [0.25, 0.3) is 0 Å². The van der Waals surface area contributed by atoms with Gasteiger partial charge in [0, 0.05) is 12.6 Å². The van der Waals surface area contributed by atoms with Crippen LogP contribution in [0, 0.1) is 0 Å². The van der Waals surface area contributed by atoms with E-state index in [0.717, 1.165) is 0 Å². The van der Waals surface area contributed by atoms with Gasteiger partial charge in [-0.2, -0.15) is 0 Å². The minimum absolute atomic E-state index is 0.150. The van der Waals surface area contributed by atoms with E-state index in [-0.39, 0.29) is 5.78 Å². The second-order valence-electron chi connectivity index (χ2n) is 2.92. The molecule has 0 aliphatic heterocycles. The van der Waals surface area contributed by atoms with Gasteiger partial charge in [0.05, 0.1) is 6.54 Å². The molecule has 0 aliphatic rings. The molecule has 2 nitrogen and oxygen atoms in total. The molecule has 0 aliphatic carbocycles. The quantitative estimate of drug-likeness (QED) is 0.645. The summed E-state index contributed by atoms with van der Waals surface area (Å²) in [7, 11) is 0. The number of carbonyl (C=O) groups excluding carboxylic acids is 1. The number of hydrogen-bond donors (Lipinski definition) is 0. The van der Waals surface area contributed by atoms with E-state index in [0.29, 0.717) is 13.0 Å². The number of carbonyl (C=O) groups is 1. The van der Waals surface area contributed by atoms with Gasteiger partial charge in [-0.1, -0.05) is 30.3 Å². The fraction of sp³-hybridized carbons (Fsp3) is 0.273. The van der Waals surface area contributed by atoms with Gasteiger partial charge in [-0.05, 0) is 12.5 Å². The number of rotatable bonds is 4. The van der Waals surface area contributed by atoms with Crippen molar-refractivity contribution < 1.29 is 4.79 Å². The smallest absolute Gasteiger partial charge is 0.135 e. The zero-order chi connectivity index (χ0) is 9.52. The summed E-state index contributed by atoms with van der Waals surface area (Å²) in [5.74, 6) is 0.150. The van der Waals surface area contributed by atoms with Gasteiger partial charge in [-0.25, -0.2) is 0 Å². The molecule has 0 N–H and O–H groups in total. The van der Waals surface area contributed by atoms with Crippen LogP contribution in [0.2, 0.25) is 0 Å². The van der Waals surface area contributed by atoms with Gasteiger partial charge in [0.1, 0.15) is 5.78 Å². The summed E-state index contributed by atoms with van der Waals surface area (Å²) in [6.45, 7) is 2.22. The highest BCUT2D eigenvalue weighted by molar-refractivity contribution is 5.89. The first-order valence-corrected chi connectivity index (χ1v) is 4.30. The molecule has 0 spiro atoms. The van der Waals surface area contributed by atoms with Gasteiger partial charge in [-0.15, -0.1) is 0 Å². The molecular weight excluding hydrogens is 162 g/mol. The lowest BCUT2D eigenvalue weighted by molar-refractivity contribution is -0.115. The molecule has 0 bridgehead atoms. The maximum absolute atomic E-state index is 10.6. The Morgan fingerprint density at radius 3 is 2.69 bits per heavy atom. The predicted octanol–water partition coefficient (Wildman–Crippen LogP) is 2.24. The SMILES string of the molecule is CC(=O)CC=NCc1ccccc1. The molecule has 2 heteroatoms. The lowest BCUT2D eigenvalue weighted by atomic mass is 10.2. The second-order valence-corrected chi connectivity index (χ2v) is 2.92. The van der Waals surface area contributed by atoms with Crippen LogP contribution in [0.4, 0.5) is 0 Å². The van der Waals surface area contributed by atoms with Crippen molar-refractivity contribution >= 4 is 12.0 Å². The fourth-order valence-corrected chi connectivity index (χ4v) is 0.946. The molecule has 1 aromatic carbocycles. The molecule has 0 saturated carbocycles. The lowest BCUT2D eigenvalue weighted by Gasteiger charge is -1.93. The Morgan fingerprint density at radius 2 is 2.08 bits per heavy atom. The zero-order valence-electron chi connectivity index (χ0n) is 7.73. The Kier molecular flexibility index (Phi) is 3.89. The fourth-order valence-electron chi connectivity index (χ4n) is 0.946. The van der Waals surface area contributed by atoms with E-state index in [1.54, 1.807) is 13.1 Å². The Bertz CT molecular complexity index is 290. The van der Waals surface area contributed by atoms with Crippen molar-refractivity contribution in [2.75, 3.05) is 0 Å². The van der Waals surface area contributed by atoms with Crippen molar-refractivity contribution in [2.45, 2.75) is 19.9 Å². The molecule has 0 heterocycles. The van der Waals surface area contributed by atoms with Crippen LogP contribution in [0.5, 0.6) is 0 Å². The summed E-state index contributed by atoms with van der Waals surface area (Å²) in [6.07, 6.45) is 2.11. The lowest BCUT2D eigenvalue weighted by Crippen LogP contribution is -1.90. The topological polar surface area (TPSA) is 29.4 Å². The first-order valence-electron chi connectivity index (χ1n) is 4.30. The summed E-state index contributed by atoms with van der Waals surface area (Å²) >= 11 is 0. The number of benzene rings is 1. The molecule has 68 valence electrons. The van der Waals surface area contributed by atoms with Crippen molar-refractivity contribution in [1.29, 1.82) is 0 Å². The Labute approximate surface area is 78.3 Å². The van der Waals surface area contributed by atoms with Gasteiger partial charge in [0.25, 0.3) is 0 Å². The monoisotopic (exact) mass is 175 g/mol. The average molecular weight is 175 g/mol. The number of hydrogen-bond acceptors (Lipinski definition) is 2. The molecule has 0 saturated heterocycles. The Hall–Kier alpha value is -1.44. The highest BCUT2D eigenvalue weighted by Crippen LogP contribution is 1.99. The van der Waals surface area contributed by atoms with Crippen molar-refractivity contribution in [1.82, 2.24) is 0 Å². The van der Waals surface area contributed by atoms with Crippen LogP contribution in [-0.4, -0.2) is 12.0 Å². The van der Waals surface area contributed by atoms with E-state index in [1.807, 2.05) is 30.3 Å². The van der Waals surface area contributed by atoms with Crippen molar-refractivity contribution in [3.05, 3.63) is 35.9 Å². The molecule has 0 amide bonds. The standard InChI is InChI=1S/C11H13NO/c1-10(13)7-8-12-9-11-5-3-2-4-6-11/h2-6,8H,7,9H2,1H3. The number of nitrogens with zero attached hydrogens (tertiary/aromatic N) is 1. The van der Waals surface area contributed by atoms with Crippen LogP contribution >= 0.6 is 0 Å². The first-order chi connectivity index (χ1) is 6.29. The number of Topliss-reactive ketones (excluding diaryl/α,β-unsaturated/α-hetero) is 1. The molecule has 0 radical (unpaired) electrons. The van der Waals surface area contributed by atoms with E-state index in [1.165, 1.54) is 5.56 Å². The van der Waals surface area contributed by atoms with Crippen LogP contribution in [-0.2, 0) is 11.3 Å². The summed E-state index contributed by atoms with van der Waals surface area (Å²) < 4.78 is 0. The molecule has 0 atom stereocenters. The van der Waals surface area contributed by atoms with Crippen LogP contribution < -0.4 is 0 Å².